The van der Waals surface area contributed by atoms with Gasteiger partial charge in [-0.3, -0.25) is 4.90 Å². The minimum absolute atomic E-state index is 0.262. The van der Waals surface area contributed by atoms with E-state index in [-0.39, 0.29) is 5.82 Å². The first kappa shape index (κ1) is 15.7. The normalized spacial score (nSPS) is 18.4. The van der Waals surface area contributed by atoms with Crippen LogP contribution in [0.15, 0.2) is 18.2 Å². The Kier molecular flexibility index (Phi) is 5.82. The smallest absolute Gasteiger partial charge is 0.124 e. The summed E-state index contributed by atoms with van der Waals surface area (Å²) in [6.45, 7) is 8.54. The van der Waals surface area contributed by atoms with E-state index < -0.39 is 0 Å². The fourth-order valence-corrected chi connectivity index (χ4v) is 3.08. The van der Waals surface area contributed by atoms with Crippen molar-refractivity contribution in [1.29, 1.82) is 0 Å². The molecule has 20 heavy (non-hydrogen) atoms. The third kappa shape index (κ3) is 4.18. The quantitative estimate of drug-likeness (QED) is 0.888. The van der Waals surface area contributed by atoms with E-state index in [2.05, 4.69) is 24.1 Å². The van der Waals surface area contributed by atoms with Gasteiger partial charge in [-0.25, -0.2) is 4.39 Å². The second kappa shape index (κ2) is 7.39. The molecule has 1 aliphatic heterocycles. The molecule has 0 bridgehead atoms. The Bertz CT molecular complexity index is 430. The minimum Gasteiger partial charge on any atom is -0.314 e. The lowest BCUT2D eigenvalue weighted by Crippen LogP contribution is -2.45. The highest BCUT2D eigenvalue weighted by Crippen LogP contribution is 2.32. The van der Waals surface area contributed by atoms with Crippen molar-refractivity contribution in [2.24, 2.45) is 5.92 Å². The van der Waals surface area contributed by atoms with Crippen molar-refractivity contribution in [3.8, 4) is 0 Å². The summed E-state index contributed by atoms with van der Waals surface area (Å²) in [5.41, 5.74) is 1.07. The summed E-state index contributed by atoms with van der Waals surface area (Å²) in [6.07, 6.45) is 2.23. The third-order valence-electron chi connectivity index (χ3n) is 3.93. The van der Waals surface area contributed by atoms with Crippen molar-refractivity contribution in [2.75, 3.05) is 26.2 Å². The molecular weight excluding hydrogens is 275 g/mol. The number of halogens is 2. The van der Waals surface area contributed by atoms with Crippen LogP contribution in [0.1, 0.15) is 38.3 Å². The maximum atomic E-state index is 13.3. The lowest BCUT2D eigenvalue weighted by molar-refractivity contribution is 0.160. The van der Waals surface area contributed by atoms with Crippen molar-refractivity contribution >= 4 is 11.6 Å². The van der Waals surface area contributed by atoms with Gasteiger partial charge < -0.3 is 5.32 Å². The van der Waals surface area contributed by atoms with Gasteiger partial charge in [0.2, 0.25) is 0 Å². The average Bonchev–Trinajstić information content (AvgIpc) is 2.42. The van der Waals surface area contributed by atoms with Crippen molar-refractivity contribution in [3.05, 3.63) is 34.6 Å². The summed E-state index contributed by atoms with van der Waals surface area (Å²) in [6, 6.07) is 5.10. The predicted molar refractivity (Wildman–Crippen MR) is 82.7 cm³/mol. The molecule has 0 amide bonds. The summed E-state index contributed by atoms with van der Waals surface area (Å²) in [5.74, 6) is 0.404. The zero-order chi connectivity index (χ0) is 14.5. The molecule has 0 aromatic heterocycles. The Hall–Kier alpha value is -0.640. The van der Waals surface area contributed by atoms with Crippen LogP contribution in [0.2, 0.25) is 5.02 Å². The molecule has 4 heteroatoms. The van der Waals surface area contributed by atoms with Gasteiger partial charge in [-0.05, 0) is 36.5 Å². The summed E-state index contributed by atoms with van der Waals surface area (Å²) >= 11 is 6.28. The fraction of sp³-hybridized carbons (Fsp3) is 0.625. The molecular formula is C16H24ClFN2. The molecule has 112 valence electrons. The van der Waals surface area contributed by atoms with Gasteiger partial charge in [0.15, 0.2) is 0 Å². The molecule has 0 spiro atoms. The number of hydrogen-bond acceptors (Lipinski definition) is 2. The van der Waals surface area contributed by atoms with Gasteiger partial charge in [-0.2, -0.15) is 0 Å². The Balaban J connectivity index is 2.19. The van der Waals surface area contributed by atoms with Crippen LogP contribution < -0.4 is 5.32 Å². The second-order valence-corrected chi connectivity index (χ2v) is 6.35. The molecule has 0 unspecified atom stereocenters. The number of piperazine rings is 1. The second-order valence-electron chi connectivity index (χ2n) is 5.94. The highest BCUT2D eigenvalue weighted by molar-refractivity contribution is 6.31. The first-order valence-corrected chi connectivity index (χ1v) is 7.85. The summed E-state index contributed by atoms with van der Waals surface area (Å²) in [7, 11) is 0. The van der Waals surface area contributed by atoms with E-state index in [1.807, 2.05) is 6.07 Å². The zero-order valence-corrected chi connectivity index (χ0v) is 13.1. The molecule has 1 fully saturated rings. The van der Waals surface area contributed by atoms with Gasteiger partial charge in [0.05, 0.1) is 0 Å². The largest absolute Gasteiger partial charge is 0.314 e. The van der Waals surface area contributed by atoms with Gasteiger partial charge in [0.1, 0.15) is 5.82 Å². The van der Waals surface area contributed by atoms with Crippen LogP contribution >= 0.6 is 11.6 Å². The maximum absolute atomic E-state index is 13.3. The number of nitrogens with one attached hydrogen (secondary N) is 1. The molecule has 1 heterocycles. The molecule has 0 radical (unpaired) electrons. The van der Waals surface area contributed by atoms with E-state index in [1.165, 1.54) is 12.1 Å². The van der Waals surface area contributed by atoms with E-state index in [4.69, 9.17) is 11.6 Å². The van der Waals surface area contributed by atoms with Crippen molar-refractivity contribution in [1.82, 2.24) is 10.2 Å². The number of benzene rings is 1. The van der Waals surface area contributed by atoms with E-state index in [9.17, 15) is 4.39 Å². The van der Waals surface area contributed by atoms with Crippen LogP contribution in [0, 0.1) is 11.7 Å². The fourth-order valence-electron chi connectivity index (χ4n) is 2.79. The molecule has 1 atom stereocenters. The van der Waals surface area contributed by atoms with Crippen molar-refractivity contribution < 1.29 is 4.39 Å². The molecule has 1 saturated heterocycles. The van der Waals surface area contributed by atoms with Crippen LogP contribution in [0.3, 0.4) is 0 Å². The summed E-state index contributed by atoms with van der Waals surface area (Å²) in [4.78, 5) is 2.47. The molecule has 1 aromatic carbocycles. The Morgan fingerprint density at radius 3 is 2.55 bits per heavy atom. The van der Waals surface area contributed by atoms with Crippen LogP contribution in [0.5, 0.6) is 0 Å². The highest BCUT2D eigenvalue weighted by atomic mass is 35.5. The van der Waals surface area contributed by atoms with Crippen LogP contribution in [-0.4, -0.2) is 31.1 Å². The SMILES string of the molecule is CC(C)CC[C@@H](c1ccc(F)cc1Cl)N1CCNCC1. The van der Waals surface area contributed by atoms with Gasteiger partial charge in [0, 0.05) is 37.2 Å². The molecule has 1 aromatic rings. The van der Waals surface area contributed by atoms with E-state index >= 15 is 0 Å². The third-order valence-corrected chi connectivity index (χ3v) is 4.26. The van der Waals surface area contributed by atoms with Gasteiger partial charge in [0.25, 0.3) is 0 Å². The lowest BCUT2D eigenvalue weighted by Gasteiger charge is -2.36. The van der Waals surface area contributed by atoms with Crippen LogP contribution in [0.4, 0.5) is 4.39 Å². The zero-order valence-electron chi connectivity index (χ0n) is 12.3. The summed E-state index contributed by atoms with van der Waals surface area (Å²) < 4.78 is 13.3. The Morgan fingerprint density at radius 2 is 1.95 bits per heavy atom. The van der Waals surface area contributed by atoms with Crippen molar-refractivity contribution in [2.45, 2.75) is 32.7 Å². The van der Waals surface area contributed by atoms with E-state index in [0.717, 1.165) is 44.6 Å². The first-order valence-electron chi connectivity index (χ1n) is 7.47. The van der Waals surface area contributed by atoms with Gasteiger partial charge >= 0.3 is 0 Å². The molecule has 0 saturated carbocycles. The van der Waals surface area contributed by atoms with Gasteiger partial charge in [-0.1, -0.05) is 31.5 Å². The highest BCUT2D eigenvalue weighted by Gasteiger charge is 2.24. The molecule has 2 rings (SSSR count). The van der Waals surface area contributed by atoms with Crippen LogP contribution in [0.25, 0.3) is 0 Å². The topological polar surface area (TPSA) is 15.3 Å². The van der Waals surface area contributed by atoms with Gasteiger partial charge in [-0.15, -0.1) is 0 Å². The van der Waals surface area contributed by atoms with Crippen molar-refractivity contribution in [3.63, 3.8) is 0 Å². The molecule has 0 aliphatic carbocycles. The predicted octanol–water partition coefficient (Wildman–Crippen LogP) is 3.86. The summed E-state index contributed by atoms with van der Waals surface area (Å²) in [5, 5.41) is 3.93. The lowest BCUT2D eigenvalue weighted by atomic mass is 9.95. The average molecular weight is 299 g/mol. The standard InChI is InChI=1S/C16H24ClFN2/c1-12(2)3-6-16(20-9-7-19-8-10-20)14-5-4-13(18)11-15(14)17/h4-5,11-12,16,19H,3,6-10H2,1-2H3/t16-/m0/s1. The minimum atomic E-state index is -0.262. The van der Waals surface area contributed by atoms with E-state index in [1.54, 1.807) is 0 Å². The first-order chi connectivity index (χ1) is 9.58. The maximum Gasteiger partial charge on any atom is 0.124 e. The van der Waals surface area contributed by atoms with Crippen LogP contribution in [-0.2, 0) is 0 Å². The number of rotatable bonds is 5. The number of nitrogens with zero attached hydrogens (tertiary/aromatic N) is 1. The van der Waals surface area contributed by atoms with E-state index in [0.29, 0.717) is 17.0 Å². The Labute approximate surface area is 126 Å². The molecule has 2 nitrogen and oxygen atoms in total. The molecule has 1 aliphatic rings. The Morgan fingerprint density at radius 1 is 1.25 bits per heavy atom. The number of hydrogen-bond donors (Lipinski definition) is 1. The molecule has 1 N–H and O–H groups in total. The monoisotopic (exact) mass is 298 g/mol.